The average molecular weight is 367 g/mol. The van der Waals surface area contributed by atoms with Crippen LogP contribution in [0, 0.1) is 11.3 Å². The fourth-order valence-electron chi connectivity index (χ4n) is 3.21. The largest absolute Gasteiger partial charge is 0.462 e. The fraction of sp³-hybridized carbons (Fsp3) is 0.286. The molecule has 0 aliphatic carbocycles. The second kappa shape index (κ2) is 7.87. The Hall–Kier alpha value is -2.40. The molecule has 3 atom stereocenters. The second-order valence-corrected chi connectivity index (χ2v) is 7.72. The predicted octanol–water partition coefficient (Wildman–Crippen LogP) is 4.31. The summed E-state index contributed by atoms with van der Waals surface area (Å²) >= 11 is 1.17. The van der Waals surface area contributed by atoms with E-state index in [1.54, 1.807) is 26.0 Å². The molecule has 1 aliphatic heterocycles. The zero-order chi connectivity index (χ0) is 18.7. The molecule has 0 radical (unpaired) electrons. The maximum atomic E-state index is 13.1. The van der Waals surface area contributed by atoms with E-state index in [1.165, 1.54) is 11.8 Å². The van der Waals surface area contributed by atoms with Crippen molar-refractivity contribution < 1.29 is 14.3 Å². The highest BCUT2D eigenvalue weighted by molar-refractivity contribution is 8.15. The molecule has 2 aromatic rings. The van der Waals surface area contributed by atoms with Crippen molar-refractivity contribution in [3.63, 3.8) is 0 Å². The van der Waals surface area contributed by atoms with Crippen molar-refractivity contribution in [2.45, 2.75) is 31.1 Å². The summed E-state index contributed by atoms with van der Waals surface area (Å²) in [7, 11) is 0. The minimum absolute atomic E-state index is 0.0611. The van der Waals surface area contributed by atoms with Gasteiger partial charge in [-0.3, -0.25) is 15.0 Å². The van der Waals surface area contributed by atoms with Crippen LogP contribution in [0.2, 0.25) is 0 Å². The molecule has 0 spiro atoms. The molecule has 0 bridgehead atoms. The average Bonchev–Trinajstić information content (AvgIpc) is 2.99. The molecule has 26 heavy (non-hydrogen) atoms. The van der Waals surface area contributed by atoms with Crippen LogP contribution >= 0.6 is 11.8 Å². The first-order valence-corrected chi connectivity index (χ1v) is 9.46. The van der Waals surface area contributed by atoms with Crippen molar-refractivity contribution in [1.29, 1.82) is 5.41 Å². The highest BCUT2D eigenvalue weighted by Gasteiger charge is 2.49. The molecule has 4 nitrogen and oxygen atoms in total. The quantitative estimate of drug-likeness (QED) is 0.631. The number of benzene rings is 2. The highest BCUT2D eigenvalue weighted by Crippen LogP contribution is 2.47. The minimum atomic E-state index is -0.748. The first kappa shape index (κ1) is 18.4. The molecule has 5 heteroatoms. The molecule has 134 valence electrons. The molecule has 1 saturated heterocycles. The van der Waals surface area contributed by atoms with Crippen LogP contribution in [0.1, 0.15) is 35.7 Å². The Labute approximate surface area is 157 Å². The van der Waals surface area contributed by atoms with Gasteiger partial charge in [-0.05, 0) is 19.4 Å². The van der Waals surface area contributed by atoms with Crippen molar-refractivity contribution in [1.82, 2.24) is 0 Å². The maximum Gasteiger partial charge on any atom is 0.316 e. The van der Waals surface area contributed by atoms with Crippen LogP contribution in [0.15, 0.2) is 60.7 Å². The fourth-order valence-corrected chi connectivity index (χ4v) is 4.57. The Morgan fingerprint density at radius 1 is 1.00 bits per heavy atom. The van der Waals surface area contributed by atoms with Gasteiger partial charge in [-0.15, -0.1) is 0 Å². The van der Waals surface area contributed by atoms with Crippen molar-refractivity contribution in [2.75, 3.05) is 0 Å². The van der Waals surface area contributed by atoms with Crippen LogP contribution in [0.3, 0.4) is 0 Å². The smallest absolute Gasteiger partial charge is 0.316 e. The van der Waals surface area contributed by atoms with Gasteiger partial charge in [-0.25, -0.2) is 0 Å². The Balaban J connectivity index is 2.00. The number of Topliss-reactive ketones (excluding diaryl/α,β-unsaturated/α-hetero) is 1. The number of ether oxygens (including phenoxy) is 1. The number of rotatable bonds is 5. The zero-order valence-electron chi connectivity index (χ0n) is 14.7. The number of ketones is 1. The Morgan fingerprint density at radius 3 is 2.15 bits per heavy atom. The molecule has 2 aromatic carbocycles. The number of hydrogen-bond acceptors (Lipinski definition) is 5. The lowest BCUT2D eigenvalue weighted by molar-refractivity contribution is -0.150. The normalized spacial score (nSPS) is 22.4. The summed E-state index contributed by atoms with van der Waals surface area (Å²) in [5, 5.41) is 8.03. The Kier molecular flexibility index (Phi) is 5.57. The molecule has 1 heterocycles. The SMILES string of the molecule is CC(C)OC(=O)[C@@H]1C(=N)S[C@@H](C(=O)c2ccccc2)[C@H]1c1ccccc1. The van der Waals surface area contributed by atoms with Crippen molar-refractivity contribution in [3.05, 3.63) is 71.8 Å². The van der Waals surface area contributed by atoms with Gasteiger partial charge in [0.2, 0.25) is 0 Å². The van der Waals surface area contributed by atoms with Crippen molar-refractivity contribution >= 4 is 28.6 Å². The van der Waals surface area contributed by atoms with E-state index in [-0.39, 0.29) is 16.9 Å². The first-order valence-electron chi connectivity index (χ1n) is 8.59. The number of carbonyl (C=O) groups excluding carboxylic acids is 2. The van der Waals surface area contributed by atoms with Crippen LogP contribution in [0.25, 0.3) is 0 Å². The van der Waals surface area contributed by atoms with Crippen molar-refractivity contribution in [2.24, 2.45) is 5.92 Å². The topological polar surface area (TPSA) is 67.2 Å². The summed E-state index contributed by atoms with van der Waals surface area (Å²) in [6, 6.07) is 18.5. The van der Waals surface area contributed by atoms with E-state index in [1.807, 2.05) is 48.5 Å². The summed E-state index contributed by atoms with van der Waals surface area (Å²) < 4.78 is 5.39. The Morgan fingerprint density at radius 2 is 1.58 bits per heavy atom. The van der Waals surface area contributed by atoms with Gasteiger partial charge in [0.15, 0.2) is 5.78 Å². The molecule has 1 fully saturated rings. The molecule has 0 saturated carbocycles. The van der Waals surface area contributed by atoms with Crippen molar-refractivity contribution in [3.8, 4) is 0 Å². The lowest BCUT2D eigenvalue weighted by Gasteiger charge is -2.23. The van der Waals surface area contributed by atoms with E-state index >= 15 is 0 Å². The van der Waals surface area contributed by atoms with Crippen LogP contribution in [0.4, 0.5) is 0 Å². The van der Waals surface area contributed by atoms with E-state index in [0.717, 1.165) is 5.56 Å². The summed E-state index contributed by atoms with van der Waals surface area (Å²) in [5.41, 5.74) is 1.47. The number of thioether (sulfide) groups is 1. The maximum absolute atomic E-state index is 13.1. The molecular formula is C21H21NO3S. The minimum Gasteiger partial charge on any atom is -0.462 e. The lowest BCUT2D eigenvalue weighted by Crippen LogP contribution is -2.32. The van der Waals surface area contributed by atoms with E-state index < -0.39 is 23.1 Å². The van der Waals surface area contributed by atoms with Crippen LogP contribution < -0.4 is 0 Å². The first-order chi connectivity index (χ1) is 12.5. The third-order valence-corrected chi connectivity index (χ3v) is 5.60. The lowest BCUT2D eigenvalue weighted by atomic mass is 9.82. The van der Waals surface area contributed by atoms with E-state index in [9.17, 15) is 9.59 Å². The summed E-state index contributed by atoms with van der Waals surface area (Å²) in [5.74, 6) is -1.65. The van der Waals surface area contributed by atoms with Gasteiger partial charge in [0.25, 0.3) is 0 Å². The predicted molar refractivity (Wildman–Crippen MR) is 104 cm³/mol. The van der Waals surface area contributed by atoms with E-state index in [4.69, 9.17) is 10.1 Å². The van der Waals surface area contributed by atoms with Crippen LogP contribution in [-0.4, -0.2) is 28.2 Å². The van der Waals surface area contributed by atoms with Gasteiger partial charge in [0.1, 0.15) is 5.92 Å². The monoisotopic (exact) mass is 367 g/mol. The van der Waals surface area contributed by atoms with Crippen LogP contribution in [0.5, 0.6) is 0 Å². The standard InChI is InChI=1S/C21H21NO3S/c1-13(2)25-21(24)17-16(14-9-5-3-6-10-14)19(26-20(17)22)18(23)15-11-7-4-8-12-15/h3-13,16-17,19,22H,1-2H3/t16-,17-,19+/m0/s1. The molecule has 1 aliphatic rings. The molecule has 0 amide bonds. The molecule has 1 N–H and O–H groups in total. The third kappa shape index (κ3) is 3.73. The summed E-state index contributed by atoms with van der Waals surface area (Å²) in [4.78, 5) is 25.8. The van der Waals surface area contributed by atoms with Gasteiger partial charge in [0.05, 0.1) is 16.4 Å². The second-order valence-electron chi connectivity index (χ2n) is 6.53. The zero-order valence-corrected chi connectivity index (χ0v) is 15.5. The van der Waals surface area contributed by atoms with Gasteiger partial charge in [0, 0.05) is 11.5 Å². The van der Waals surface area contributed by atoms with E-state index in [2.05, 4.69) is 0 Å². The summed E-state index contributed by atoms with van der Waals surface area (Å²) in [6.07, 6.45) is -0.263. The number of nitrogens with one attached hydrogen (secondary N) is 1. The molecular weight excluding hydrogens is 346 g/mol. The van der Waals surface area contributed by atoms with Gasteiger partial charge in [-0.1, -0.05) is 72.4 Å². The van der Waals surface area contributed by atoms with Gasteiger partial charge >= 0.3 is 5.97 Å². The Bertz CT molecular complexity index is 805. The van der Waals surface area contributed by atoms with Gasteiger partial charge in [-0.2, -0.15) is 0 Å². The number of hydrogen-bond donors (Lipinski definition) is 1. The summed E-state index contributed by atoms with van der Waals surface area (Å²) in [6.45, 7) is 3.57. The highest BCUT2D eigenvalue weighted by atomic mass is 32.2. The molecule has 3 rings (SSSR count). The van der Waals surface area contributed by atoms with Crippen LogP contribution in [-0.2, 0) is 9.53 Å². The molecule has 0 unspecified atom stereocenters. The van der Waals surface area contributed by atoms with E-state index in [0.29, 0.717) is 5.56 Å². The van der Waals surface area contributed by atoms with Gasteiger partial charge < -0.3 is 4.74 Å². The number of esters is 1. The number of carbonyl (C=O) groups is 2. The molecule has 0 aromatic heterocycles. The third-order valence-electron chi connectivity index (χ3n) is 4.33.